The molecule has 0 saturated heterocycles. The summed E-state index contributed by atoms with van der Waals surface area (Å²) in [4.78, 5) is 15.2. The van der Waals surface area contributed by atoms with Gasteiger partial charge in [-0.25, -0.2) is 0 Å². The molecule has 9 nitrogen and oxygen atoms in total. The van der Waals surface area contributed by atoms with Gasteiger partial charge in [-0.2, -0.15) is 8.42 Å². The number of hydrogen-bond acceptors (Lipinski definition) is 7. The average Bonchev–Trinajstić information content (AvgIpc) is 2.42. The third-order valence-electron chi connectivity index (χ3n) is 2.20. The summed E-state index contributed by atoms with van der Waals surface area (Å²) in [6.45, 7) is 1.80. The van der Waals surface area contributed by atoms with Gasteiger partial charge in [-0.05, 0) is 24.2 Å². The summed E-state index contributed by atoms with van der Waals surface area (Å²) in [5.41, 5.74) is 10.7. The Kier molecular flexibility index (Phi) is 5.24. The molecule has 0 aliphatic carbocycles. The fourth-order valence-electron chi connectivity index (χ4n) is 1.19. The summed E-state index contributed by atoms with van der Waals surface area (Å²) in [6, 6.07) is 5.86. The van der Waals surface area contributed by atoms with Gasteiger partial charge in [0.05, 0.1) is 0 Å². The number of nitrogens with zero attached hydrogens (tertiary/aromatic N) is 2. The Hall–Kier alpha value is -2.62. The van der Waals surface area contributed by atoms with Crippen molar-refractivity contribution >= 4 is 27.6 Å². The van der Waals surface area contributed by atoms with E-state index in [1.165, 1.54) is 12.1 Å². The van der Waals surface area contributed by atoms with Crippen molar-refractivity contribution in [2.75, 3.05) is 7.11 Å². The largest absolute Gasteiger partial charge is 0.398 e. The number of benzene rings is 1. The molecule has 0 heterocycles. The summed E-state index contributed by atoms with van der Waals surface area (Å²) >= 11 is 0. The lowest BCUT2D eigenvalue weighted by Gasteiger charge is -2.03. The SMILES string of the molecule is CO/N=C(C(N)=O)\C(N)=N/OS(=O)(=O)c1ccc(C)cc1. The van der Waals surface area contributed by atoms with E-state index >= 15 is 0 Å². The molecule has 0 aliphatic rings. The van der Waals surface area contributed by atoms with E-state index in [1.807, 2.05) is 0 Å². The van der Waals surface area contributed by atoms with Gasteiger partial charge in [0.1, 0.15) is 12.0 Å². The lowest BCUT2D eigenvalue weighted by molar-refractivity contribution is -0.112. The van der Waals surface area contributed by atoms with Crippen LogP contribution in [0.1, 0.15) is 5.56 Å². The van der Waals surface area contributed by atoms with Crippen LogP contribution in [-0.4, -0.2) is 33.0 Å². The van der Waals surface area contributed by atoms with Gasteiger partial charge in [-0.3, -0.25) is 9.08 Å². The van der Waals surface area contributed by atoms with E-state index in [0.717, 1.165) is 12.7 Å². The second kappa shape index (κ2) is 6.70. The number of carbonyl (C=O) groups excluding carboxylic acids is 1. The third kappa shape index (κ3) is 4.45. The normalized spacial score (nSPS) is 12.9. The van der Waals surface area contributed by atoms with Crippen LogP contribution in [0.2, 0.25) is 0 Å². The highest BCUT2D eigenvalue weighted by Crippen LogP contribution is 2.13. The molecule has 0 aromatic heterocycles. The minimum atomic E-state index is -4.16. The molecule has 10 heteroatoms. The van der Waals surface area contributed by atoms with Gasteiger partial charge >= 0.3 is 10.1 Å². The van der Waals surface area contributed by atoms with E-state index < -0.39 is 27.6 Å². The first-order valence-electron chi connectivity index (χ1n) is 5.53. The first kappa shape index (κ1) is 16.4. The molecule has 0 fully saturated rings. The van der Waals surface area contributed by atoms with Crippen molar-refractivity contribution in [3.63, 3.8) is 0 Å². The molecule has 4 N–H and O–H groups in total. The number of oxime groups is 2. The van der Waals surface area contributed by atoms with Gasteiger partial charge in [-0.1, -0.05) is 22.9 Å². The molecule has 0 atom stereocenters. The molecular formula is C11H14N4O5S. The summed E-state index contributed by atoms with van der Waals surface area (Å²) in [7, 11) is -3.01. The molecule has 21 heavy (non-hydrogen) atoms. The van der Waals surface area contributed by atoms with Gasteiger partial charge < -0.3 is 16.3 Å². The van der Waals surface area contributed by atoms with Crippen LogP contribution >= 0.6 is 0 Å². The van der Waals surface area contributed by atoms with Gasteiger partial charge in [-0.15, -0.1) is 0 Å². The molecule has 114 valence electrons. The molecule has 0 bridgehead atoms. The van der Waals surface area contributed by atoms with Gasteiger partial charge in [0.2, 0.25) is 5.71 Å². The van der Waals surface area contributed by atoms with Crippen LogP contribution in [0.5, 0.6) is 0 Å². The lowest BCUT2D eigenvalue weighted by Crippen LogP contribution is -2.36. The maximum Gasteiger partial charge on any atom is 0.358 e. The molecule has 0 aliphatic heterocycles. The van der Waals surface area contributed by atoms with Crippen LogP contribution < -0.4 is 11.5 Å². The number of primary amides is 1. The number of rotatable bonds is 6. The molecule has 1 amide bonds. The van der Waals surface area contributed by atoms with Crippen molar-refractivity contribution in [2.24, 2.45) is 21.8 Å². The van der Waals surface area contributed by atoms with E-state index in [9.17, 15) is 13.2 Å². The van der Waals surface area contributed by atoms with E-state index in [0.29, 0.717) is 0 Å². The highest BCUT2D eigenvalue weighted by Gasteiger charge is 2.19. The first-order valence-corrected chi connectivity index (χ1v) is 6.94. The Morgan fingerprint density at radius 1 is 1.14 bits per heavy atom. The number of nitrogens with two attached hydrogens (primary N) is 2. The van der Waals surface area contributed by atoms with Crippen LogP contribution in [0.25, 0.3) is 0 Å². The van der Waals surface area contributed by atoms with Crippen molar-refractivity contribution in [1.82, 2.24) is 0 Å². The molecule has 0 saturated carbocycles. The maximum absolute atomic E-state index is 11.8. The standard InChI is InChI=1S/C11H14N4O5S/c1-7-3-5-8(6-4-7)21(17,18)20-15-10(12)9(11(13)16)14-19-2/h3-6H,1-2H3,(H2,12,15)(H2,13,16)/b14-9+. The molecular weight excluding hydrogens is 300 g/mol. The highest BCUT2D eigenvalue weighted by molar-refractivity contribution is 7.86. The number of carbonyl (C=O) groups is 1. The van der Waals surface area contributed by atoms with Crippen LogP contribution in [-0.2, 0) is 24.0 Å². The molecule has 1 aromatic rings. The molecule has 0 unspecified atom stereocenters. The van der Waals surface area contributed by atoms with E-state index in [-0.39, 0.29) is 4.90 Å². The minimum absolute atomic E-state index is 0.117. The van der Waals surface area contributed by atoms with Gasteiger partial charge in [0, 0.05) is 0 Å². The highest BCUT2D eigenvalue weighted by atomic mass is 32.2. The first-order chi connectivity index (χ1) is 9.77. The number of hydrogen-bond donors (Lipinski definition) is 2. The van der Waals surface area contributed by atoms with Crippen molar-refractivity contribution in [2.45, 2.75) is 11.8 Å². The molecule has 0 radical (unpaired) electrons. The molecule has 1 rings (SSSR count). The van der Waals surface area contributed by atoms with Crippen molar-refractivity contribution in [3.05, 3.63) is 29.8 Å². The van der Waals surface area contributed by atoms with Gasteiger partial charge in [0.25, 0.3) is 5.91 Å². The van der Waals surface area contributed by atoms with Gasteiger partial charge in [0.15, 0.2) is 5.84 Å². The Morgan fingerprint density at radius 2 is 1.71 bits per heavy atom. The Labute approximate surface area is 121 Å². The zero-order valence-corrected chi connectivity index (χ0v) is 12.1. The van der Waals surface area contributed by atoms with Crippen LogP contribution in [0, 0.1) is 6.92 Å². The third-order valence-corrected chi connectivity index (χ3v) is 3.32. The maximum atomic E-state index is 11.8. The molecule has 0 spiro atoms. The smallest absolute Gasteiger partial charge is 0.358 e. The number of amides is 1. The van der Waals surface area contributed by atoms with Crippen molar-refractivity contribution < 1.29 is 22.3 Å². The van der Waals surface area contributed by atoms with Crippen LogP contribution in [0.15, 0.2) is 39.5 Å². The van der Waals surface area contributed by atoms with E-state index in [2.05, 4.69) is 19.4 Å². The van der Waals surface area contributed by atoms with E-state index in [4.69, 9.17) is 11.5 Å². The Balaban J connectivity index is 2.99. The summed E-state index contributed by atoms with van der Waals surface area (Å²) in [5, 5.41) is 6.35. The fraction of sp³-hybridized carbons (Fsp3) is 0.182. The number of aryl methyl sites for hydroxylation is 1. The second-order valence-corrected chi connectivity index (χ2v) is 5.33. The predicted octanol–water partition coefficient (Wildman–Crippen LogP) is -0.540. The summed E-state index contributed by atoms with van der Waals surface area (Å²) in [6.07, 6.45) is 0. The Morgan fingerprint density at radius 3 is 2.19 bits per heavy atom. The summed E-state index contributed by atoms with van der Waals surface area (Å²) in [5.74, 6) is -1.67. The second-order valence-electron chi connectivity index (χ2n) is 3.80. The van der Waals surface area contributed by atoms with Crippen molar-refractivity contribution in [3.8, 4) is 0 Å². The average molecular weight is 314 g/mol. The zero-order valence-electron chi connectivity index (χ0n) is 11.3. The van der Waals surface area contributed by atoms with Crippen molar-refractivity contribution in [1.29, 1.82) is 0 Å². The Bertz CT molecular complexity index is 679. The quantitative estimate of drug-likeness (QED) is 0.409. The predicted molar refractivity (Wildman–Crippen MR) is 74.7 cm³/mol. The monoisotopic (exact) mass is 314 g/mol. The van der Waals surface area contributed by atoms with E-state index in [1.54, 1.807) is 19.1 Å². The summed E-state index contributed by atoms with van der Waals surface area (Å²) < 4.78 is 28.0. The molecule has 1 aromatic carbocycles. The minimum Gasteiger partial charge on any atom is -0.398 e. The zero-order chi connectivity index (χ0) is 16.0. The van der Waals surface area contributed by atoms with Crippen LogP contribution in [0.3, 0.4) is 0 Å². The topological polar surface area (TPSA) is 146 Å². The fourth-order valence-corrected chi connectivity index (χ4v) is 1.92. The van der Waals surface area contributed by atoms with Crippen LogP contribution in [0.4, 0.5) is 0 Å². The lowest BCUT2D eigenvalue weighted by atomic mass is 10.2. The number of amidine groups is 1.